The first-order chi connectivity index (χ1) is 11.2. The number of anilines is 1. The average Bonchev–Trinajstić information content (AvgIpc) is 2.83. The van der Waals surface area contributed by atoms with E-state index >= 15 is 0 Å². The summed E-state index contributed by atoms with van der Waals surface area (Å²) in [5, 5.41) is -0.331. The third-order valence-electron chi connectivity index (χ3n) is 3.20. The first kappa shape index (κ1) is 15.3. The Bertz CT molecular complexity index is 774. The van der Waals surface area contributed by atoms with Crippen LogP contribution in [0.2, 0.25) is 0 Å². The second-order valence-corrected chi connectivity index (χ2v) is 5.69. The number of hydrogen-bond donors (Lipinski definition) is 0. The summed E-state index contributed by atoms with van der Waals surface area (Å²) in [6.07, 6.45) is 4.97. The topological polar surface area (TPSA) is 59.5 Å². The van der Waals surface area contributed by atoms with Crippen molar-refractivity contribution in [2.24, 2.45) is 0 Å². The monoisotopic (exact) mass is 326 g/mol. The van der Waals surface area contributed by atoms with Gasteiger partial charge in [-0.05, 0) is 54.6 Å². The van der Waals surface area contributed by atoms with Gasteiger partial charge < -0.3 is 4.74 Å². The summed E-state index contributed by atoms with van der Waals surface area (Å²) in [5.74, 6) is 0.173. The zero-order chi connectivity index (χ0) is 16.2. The molecule has 2 aromatic rings. The number of para-hydroxylation sites is 2. The SMILES string of the molecule is CCOc1ccccc1N1C(=O)S/C(=C\c2ccncc2)C1=O. The Labute approximate surface area is 138 Å². The number of ether oxygens (including phenoxy) is 1. The van der Waals surface area contributed by atoms with Crippen LogP contribution in [0.5, 0.6) is 5.75 Å². The van der Waals surface area contributed by atoms with E-state index in [4.69, 9.17) is 4.74 Å². The summed E-state index contributed by atoms with van der Waals surface area (Å²) in [6, 6.07) is 10.6. The fourth-order valence-corrected chi connectivity index (χ4v) is 3.04. The number of imide groups is 1. The number of carbonyl (C=O) groups is 2. The number of thioether (sulfide) groups is 1. The molecule has 3 rings (SSSR count). The minimum absolute atomic E-state index is 0.331. The van der Waals surface area contributed by atoms with Crippen molar-refractivity contribution in [3.05, 3.63) is 59.3 Å². The molecular weight excluding hydrogens is 312 g/mol. The maximum atomic E-state index is 12.6. The van der Waals surface area contributed by atoms with Crippen molar-refractivity contribution >= 4 is 34.7 Å². The maximum Gasteiger partial charge on any atom is 0.298 e. The highest BCUT2D eigenvalue weighted by Crippen LogP contribution is 2.39. The third kappa shape index (κ3) is 3.12. The molecule has 0 unspecified atom stereocenters. The number of benzene rings is 1. The number of carbonyl (C=O) groups excluding carboxylic acids is 2. The molecule has 5 nitrogen and oxygen atoms in total. The second-order valence-electron chi connectivity index (χ2n) is 4.70. The summed E-state index contributed by atoms with van der Waals surface area (Å²) in [4.78, 5) is 30.4. The predicted octanol–water partition coefficient (Wildman–Crippen LogP) is 3.72. The van der Waals surface area contributed by atoms with E-state index in [0.717, 1.165) is 22.2 Å². The summed E-state index contributed by atoms with van der Waals surface area (Å²) in [6.45, 7) is 2.31. The van der Waals surface area contributed by atoms with E-state index in [1.54, 1.807) is 54.9 Å². The third-order valence-corrected chi connectivity index (χ3v) is 4.07. The van der Waals surface area contributed by atoms with Crippen LogP contribution in [0.3, 0.4) is 0 Å². The average molecular weight is 326 g/mol. The van der Waals surface area contributed by atoms with E-state index < -0.39 is 0 Å². The van der Waals surface area contributed by atoms with Crippen LogP contribution in [0, 0.1) is 0 Å². The number of pyridine rings is 1. The maximum absolute atomic E-state index is 12.6. The van der Waals surface area contributed by atoms with Gasteiger partial charge in [0.05, 0.1) is 17.2 Å². The van der Waals surface area contributed by atoms with Crippen molar-refractivity contribution < 1.29 is 14.3 Å². The molecule has 2 heterocycles. The minimum Gasteiger partial charge on any atom is -0.492 e. The summed E-state index contributed by atoms with van der Waals surface area (Å²) < 4.78 is 5.52. The fraction of sp³-hybridized carbons (Fsp3) is 0.118. The van der Waals surface area contributed by atoms with Gasteiger partial charge in [0.1, 0.15) is 5.75 Å². The lowest BCUT2D eigenvalue weighted by atomic mass is 10.2. The van der Waals surface area contributed by atoms with Crippen molar-refractivity contribution in [1.82, 2.24) is 4.98 Å². The van der Waals surface area contributed by atoms with Gasteiger partial charge in [-0.3, -0.25) is 14.6 Å². The number of hydrogen-bond acceptors (Lipinski definition) is 5. The molecule has 1 aliphatic rings. The highest BCUT2D eigenvalue weighted by atomic mass is 32.2. The van der Waals surface area contributed by atoms with Crippen LogP contribution in [-0.4, -0.2) is 22.7 Å². The Morgan fingerprint density at radius 2 is 1.91 bits per heavy atom. The molecule has 0 spiro atoms. The molecule has 0 radical (unpaired) electrons. The Morgan fingerprint density at radius 3 is 2.65 bits per heavy atom. The van der Waals surface area contributed by atoms with Crippen molar-refractivity contribution in [2.75, 3.05) is 11.5 Å². The molecule has 1 saturated heterocycles. The highest BCUT2D eigenvalue weighted by molar-refractivity contribution is 8.19. The number of rotatable bonds is 4. The molecule has 1 aliphatic heterocycles. The van der Waals surface area contributed by atoms with Crippen LogP contribution in [-0.2, 0) is 4.79 Å². The molecule has 1 fully saturated rings. The normalized spacial score (nSPS) is 16.2. The van der Waals surface area contributed by atoms with Gasteiger partial charge in [0.15, 0.2) is 0 Å². The van der Waals surface area contributed by atoms with E-state index in [-0.39, 0.29) is 11.1 Å². The van der Waals surface area contributed by atoms with Gasteiger partial charge in [0.2, 0.25) is 0 Å². The number of aromatic nitrogens is 1. The summed E-state index contributed by atoms with van der Waals surface area (Å²) in [5.41, 5.74) is 1.29. The van der Waals surface area contributed by atoms with Gasteiger partial charge in [-0.15, -0.1) is 0 Å². The summed E-state index contributed by atoms with van der Waals surface area (Å²) >= 11 is 0.921. The van der Waals surface area contributed by atoms with Gasteiger partial charge in [-0.2, -0.15) is 0 Å². The van der Waals surface area contributed by atoms with Gasteiger partial charge in [0.25, 0.3) is 11.1 Å². The standard InChI is InChI=1S/C17H14N2O3S/c1-2-22-14-6-4-3-5-13(14)19-16(20)15(23-17(19)21)11-12-7-9-18-10-8-12/h3-11H,2H2,1H3/b15-11-. The molecular formula is C17H14N2O3S. The number of nitrogens with zero attached hydrogens (tertiary/aromatic N) is 2. The molecule has 0 N–H and O–H groups in total. The molecule has 2 amide bonds. The van der Waals surface area contributed by atoms with Crippen molar-refractivity contribution in [3.63, 3.8) is 0 Å². The van der Waals surface area contributed by atoms with Gasteiger partial charge in [-0.25, -0.2) is 4.90 Å². The van der Waals surface area contributed by atoms with Gasteiger partial charge in [0, 0.05) is 12.4 Å². The molecule has 1 aromatic carbocycles. The Balaban J connectivity index is 1.95. The second kappa shape index (κ2) is 6.66. The van der Waals surface area contributed by atoms with E-state index in [9.17, 15) is 9.59 Å². The Morgan fingerprint density at radius 1 is 1.17 bits per heavy atom. The molecule has 0 bridgehead atoms. The molecule has 23 heavy (non-hydrogen) atoms. The van der Waals surface area contributed by atoms with Gasteiger partial charge >= 0.3 is 0 Å². The molecule has 6 heteroatoms. The van der Waals surface area contributed by atoms with E-state index in [0.29, 0.717) is 22.9 Å². The Kier molecular flexibility index (Phi) is 4.43. The molecule has 0 atom stereocenters. The number of amides is 2. The molecule has 116 valence electrons. The van der Waals surface area contributed by atoms with E-state index in [1.807, 2.05) is 6.92 Å². The predicted molar refractivity (Wildman–Crippen MR) is 90.3 cm³/mol. The van der Waals surface area contributed by atoms with Crippen molar-refractivity contribution in [3.8, 4) is 5.75 Å². The molecule has 1 aromatic heterocycles. The quantitative estimate of drug-likeness (QED) is 0.801. The molecule has 0 aliphatic carbocycles. The van der Waals surface area contributed by atoms with Gasteiger partial charge in [-0.1, -0.05) is 12.1 Å². The first-order valence-corrected chi connectivity index (χ1v) is 7.92. The van der Waals surface area contributed by atoms with Crippen LogP contribution in [0.25, 0.3) is 6.08 Å². The highest BCUT2D eigenvalue weighted by Gasteiger charge is 2.37. The fourth-order valence-electron chi connectivity index (χ4n) is 2.21. The van der Waals surface area contributed by atoms with Crippen LogP contribution in [0.15, 0.2) is 53.7 Å². The minimum atomic E-state index is -0.344. The lowest BCUT2D eigenvalue weighted by Crippen LogP contribution is -2.28. The van der Waals surface area contributed by atoms with E-state index in [2.05, 4.69) is 4.98 Å². The van der Waals surface area contributed by atoms with Crippen LogP contribution in [0.1, 0.15) is 12.5 Å². The summed E-state index contributed by atoms with van der Waals surface area (Å²) in [7, 11) is 0. The lowest BCUT2D eigenvalue weighted by molar-refractivity contribution is -0.113. The first-order valence-electron chi connectivity index (χ1n) is 7.10. The Hall–Kier alpha value is -2.60. The zero-order valence-electron chi connectivity index (χ0n) is 12.4. The van der Waals surface area contributed by atoms with Crippen LogP contribution >= 0.6 is 11.8 Å². The lowest BCUT2D eigenvalue weighted by Gasteiger charge is -2.16. The van der Waals surface area contributed by atoms with Crippen LogP contribution < -0.4 is 9.64 Å². The van der Waals surface area contributed by atoms with Crippen LogP contribution in [0.4, 0.5) is 10.5 Å². The van der Waals surface area contributed by atoms with Crippen molar-refractivity contribution in [2.45, 2.75) is 6.92 Å². The largest absolute Gasteiger partial charge is 0.492 e. The molecule has 0 saturated carbocycles. The zero-order valence-corrected chi connectivity index (χ0v) is 13.2. The van der Waals surface area contributed by atoms with Crippen molar-refractivity contribution in [1.29, 1.82) is 0 Å². The van der Waals surface area contributed by atoms with E-state index in [1.165, 1.54) is 0 Å². The smallest absolute Gasteiger partial charge is 0.298 e.